The molecule has 2 saturated heterocycles. The number of nitrogens with zero attached hydrogens (tertiary/aromatic N) is 2. The lowest BCUT2D eigenvalue weighted by atomic mass is 9.45. The Bertz CT molecular complexity index is 1710. The third-order valence-corrected chi connectivity index (χ3v) is 15.3. The molecular formula is C45H60N4O6. The third kappa shape index (κ3) is 7.46. The first-order valence-corrected chi connectivity index (χ1v) is 21.2. The number of benzene rings is 2. The van der Waals surface area contributed by atoms with Gasteiger partial charge < -0.3 is 20.1 Å². The maximum atomic E-state index is 13.8. The van der Waals surface area contributed by atoms with Crippen molar-refractivity contribution < 1.29 is 28.7 Å². The van der Waals surface area contributed by atoms with E-state index in [1.807, 2.05) is 60.7 Å². The van der Waals surface area contributed by atoms with Crippen molar-refractivity contribution in [3.63, 3.8) is 0 Å². The summed E-state index contributed by atoms with van der Waals surface area (Å²) in [5.41, 5.74) is 2.17. The first kappa shape index (κ1) is 37.8. The highest BCUT2D eigenvalue weighted by molar-refractivity contribution is 5.87. The molecule has 296 valence electrons. The molecule has 0 bridgehead atoms. The minimum absolute atomic E-state index is 0.0241. The average molecular weight is 753 g/mol. The van der Waals surface area contributed by atoms with Crippen LogP contribution in [0.4, 0.5) is 9.59 Å². The summed E-state index contributed by atoms with van der Waals surface area (Å²) in [6.45, 7) is 6.48. The van der Waals surface area contributed by atoms with Crippen LogP contribution in [0, 0.1) is 34.5 Å². The monoisotopic (exact) mass is 752 g/mol. The van der Waals surface area contributed by atoms with E-state index in [1.54, 1.807) is 9.80 Å². The molecule has 10 nitrogen and oxygen atoms in total. The minimum Gasteiger partial charge on any atom is -0.445 e. The zero-order valence-electron chi connectivity index (χ0n) is 32.8. The lowest BCUT2D eigenvalue weighted by Gasteiger charge is -2.61. The van der Waals surface area contributed by atoms with Crippen molar-refractivity contribution in [2.45, 2.75) is 135 Å². The van der Waals surface area contributed by atoms with Crippen LogP contribution in [-0.2, 0) is 32.3 Å². The normalized spacial score (nSPS) is 35.2. The Balaban J connectivity index is 0.839. The van der Waals surface area contributed by atoms with Gasteiger partial charge in [0.1, 0.15) is 25.3 Å². The molecule has 10 atom stereocenters. The molecule has 0 radical (unpaired) electrons. The smallest absolute Gasteiger partial charge is 0.410 e. The highest BCUT2D eigenvalue weighted by atomic mass is 16.6. The molecule has 2 aromatic carbocycles. The molecule has 2 aliphatic heterocycles. The molecule has 2 heterocycles. The number of fused-ring (bicyclic) bond motifs is 5. The number of rotatable bonds is 8. The van der Waals surface area contributed by atoms with Crippen molar-refractivity contribution in [2.24, 2.45) is 34.5 Å². The van der Waals surface area contributed by atoms with Crippen LogP contribution >= 0.6 is 0 Å². The van der Waals surface area contributed by atoms with E-state index in [0.29, 0.717) is 49.6 Å². The Labute approximate surface area is 326 Å². The van der Waals surface area contributed by atoms with Crippen molar-refractivity contribution in [1.29, 1.82) is 0 Å². The Morgan fingerprint density at radius 1 is 0.636 bits per heavy atom. The quantitative estimate of drug-likeness (QED) is 0.287. The van der Waals surface area contributed by atoms with Crippen LogP contribution in [0.25, 0.3) is 0 Å². The van der Waals surface area contributed by atoms with Gasteiger partial charge in [-0.05, 0) is 129 Å². The van der Waals surface area contributed by atoms with Crippen LogP contribution in [0.3, 0.4) is 0 Å². The molecule has 0 spiro atoms. The standard InChI is InChI=1S/C45H60N4O6/c1-44-23-21-33(46-40(50)37-15-9-25-48(37)42(52)54-28-30-11-5-3-6-12-30)27-32(44)17-18-34-35-19-20-39(45(35,2)24-22-36(34)44)47-41(51)38-16-10-26-49(38)43(53)55-29-31-13-7-4-8-14-31/h3-8,11-14,32-39H,9-10,15-29H2,1-2H3,(H,46,50)(H,47,51)/t32-,33-,34+,35+,36+,37+,38+,39+,44+,45+/m1/s1. The number of ether oxygens (including phenoxy) is 2. The summed E-state index contributed by atoms with van der Waals surface area (Å²) >= 11 is 0. The minimum atomic E-state index is -0.475. The topological polar surface area (TPSA) is 117 Å². The Hall–Kier alpha value is -4.08. The van der Waals surface area contributed by atoms with E-state index in [0.717, 1.165) is 62.5 Å². The number of carbonyl (C=O) groups is 4. The fraction of sp³-hybridized carbons (Fsp3) is 0.644. The van der Waals surface area contributed by atoms with Crippen molar-refractivity contribution in [3.8, 4) is 0 Å². The molecule has 10 heteroatoms. The number of hydrogen-bond acceptors (Lipinski definition) is 6. The van der Waals surface area contributed by atoms with Crippen LogP contribution in [0.2, 0.25) is 0 Å². The molecule has 8 rings (SSSR count). The molecule has 4 amide bonds. The SMILES string of the molecule is C[C@]12CC[C@@H](NC(=O)[C@@H]3CCCN3C(=O)OCc3ccccc3)C[C@H]1CC[C@@H]1[C@@H]2CC[C@]2(C)[C@@H](NC(=O)[C@@H]3CCCN3C(=O)OCc3ccccc3)CC[C@@H]12. The zero-order chi connectivity index (χ0) is 38.2. The molecule has 6 aliphatic rings. The van der Waals surface area contributed by atoms with Crippen LogP contribution < -0.4 is 10.6 Å². The van der Waals surface area contributed by atoms with Gasteiger partial charge in [0.05, 0.1) is 0 Å². The maximum absolute atomic E-state index is 13.8. The van der Waals surface area contributed by atoms with Gasteiger partial charge in [-0.15, -0.1) is 0 Å². The van der Waals surface area contributed by atoms with E-state index in [-0.39, 0.29) is 47.9 Å². The summed E-state index contributed by atoms with van der Waals surface area (Å²) in [6, 6.07) is 18.6. The summed E-state index contributed by atoms with van der Waals surface area (Å²) in [7, 11) is 0. The largest absolute Gasteiger partial charge is 0.445 e. The lowest BCUT2D eigenvalue weighted by Crippen LogP contribution is -2.58. The van der Waals surface area contributed by atoms with Gasteiger partial charge in [-0.3, -0.25) is 19.4 Å². The average Bonchev–Trinajstić information content (AvgIpc) is 3.97. The second kappa shape index (κ2) is 15.8. The van der Waals surface area contributed by atoms with Gasteiger partial charge in [0.25, 0.3) is 0 Å². The number of carbonyl (C=O) groups excluding carboxylic acids is 4. The van der Waals surface area contributed by atoms with Crippen LogP contribution in [0.1, 0.15) is 108 Å². The fourth-order valence-electron chi connectivity index (χ4n) is 12.3. The number of nitrogens with one attached hydrogen (secondary N) is 2. The number of amides is 4. The van der Waals surface area contributed by atoms with Crippen molar-refractivity contribution >= 4 is 24.0 Å². The summed E-state index contributed by atoms with van der Waals surface area (Å²) in [4.78, 5) is 56.8. The Morgan fingerprint density at radius 2 is 1.18 bits per heavy atom. The van der Waals surface area contributed by atoms with Gasteiger partial charge in [-0.2, -0.15) is 0 Å². The van der Waals surface area contributed by atoms with Crippen molar-refractivity contribution in [3.05, 3.63) is 71.8 Å². The van der Waals surface area contributed by atoms with Crippen LogP contribution in [-0.4, -0.2) is 71.1 Å². The first-order valence-electron chi connectivity index (χ1n) is 21.2. The molecule has 0 aromatic heterocycles. The van der Waals surface area contributed by atoms with E-state index in [4.69, 9.17) is 9.47 Å². The molecular weight excluding hydrogens is 693 g/mol. The third-order valence-electron chi connectivity index (χ3n) is 15.3. The molecule has 2 aromatic rings. The summed E-state index contributed by atoms with van der Waals surface area (Å²) in [5.74, 6) is 2.40. The van der Waals surface area contributed by atoms with Crippen molar-refractivity contribution in [2.75, 3.05) is 13.1 Å². The van der Waals surface area contributed by atoms with E-state index < -0.39 is 24.3 Å². The first-order chi connectivity index (χ1) is 26.6. The van der Waals surface area contributed by atoms with E-state index >= 15 is 0 Å². The van der Waals surface area contributed by atoms with Crippen LogP contribution in [0.5, 0.6) is 0 Å². The van der Waals surface area contributed by atoms with Crippen molar-refractivity contribution in [1.82, 2.24) is 20.4 Å². The predicted octanol–water partition coefficient (Wildman–Crippen LogP) is 7.60. The van der Waals surface area contributed by atoms with Gasteiger partial charge in [0.2, 0.25) is 11.8 Å². The number of likely N-dealkylation sites (tertiary alicyclic amines) is 2. The second-order valence-electron chi connectivity index (χ2n) is 18.1. The number of hydrogen-bond donors (Lipinski definition) is 2. The molecule has 6 fully saturated rings. The molecule has 2 N–H and O–H groups in total. The van der Waals surface area contributed by atoms with E-state index in [1.165, 1.54) is 19.3 Å². The molecule has 0 unspecified atom stereocenters. The van der Waals surface area contributed by atoms with Crippen LogP contribution in [0.15, 0.2) is 60.7 Å². The van der Waals surface area contributed by atoms with Gasteiger partial charge >= 0.3 is 12.2 Å². The van der Waals surface area contributed by atoms with Gasteiger partial charge in [0.15, 0.2) is 0 Å². The summed E-state index contributed by atoms with van der Waals surface area (Å²) in [6.07, 6.45) is 12.0. The molecule has 4 aliphatic carbocycles. The highest BCUT2D eigenvalue weighted by Crippen LogP contribution is 2.66. The van der Waals surface area contributed by atoms with Gasteiger partial charge in [-0.1, -0.05) is 74.5 Å². The zero-order valence-corrected chi connectivity index (χ0v) is 32.8. The predicted molar refractivity (Wildman–Crippen MR) is 208 cm³/mol. The maximum Gasteiger partial charge on any atom is 0.410 e. The highest BCUT2D eigenvalue weighted by Gasteiger charge is 2.60. The van der Waals surface area contributed by atoms with Gasteiger partial charge in [-0.25, -0.2) is 9.59 Å². The fourth-order valence-corrected chi connectivity index (χ4v) is 12.3. The Kier molecular flexibility index (Phi) is 10.9. The molecule has 4 saturated carbocycles. The molecule has 55 heavy (non-hydrogen) atoms. The second-order valence-corrected chi connectivity index (χ2v) is 18.1. The lowest BCUT2D eigenvalue weighted by molar-refractivity contribution is -0.131. The van der Waals surface area contributed by atoms with Gasteiger partial charge in [0, 0.05) is 25.2 Å². The Morgan fingerprint density at radius 3 is 1.78 bits per heavy atom. The van der Waals surface area contributed by atoms with E-state index in [9.17, 15) is 19.2 Å². The summed E-state index contributed by atoms with van der Waals surface area (Å²) < 4.78 is 11.2. The summed E-state index contributed by atoms with van der Waals surface area (Å²) in [5, 5.41) is 6.89. The van der Waals surface area contributed by atoms with E-state index in [2.05, 4.69) is 24.5 Å².